The normalized spacial score (nSPS) is 10.8. The highest BCUT2D eigenvalue weighted by atomic mass is 19.1. The summed E-state index contributed by atoms with van der Waals surface area (Å²) in [5.74, 6) is -1.32. The van der Waals surface area contributed by atoms with Crippen LogP contribution in [0.5, 0.6) is 0 Å². The Morgan fingerprint density at radius 2 is 1.82 bits per heavy atom. The van der Waals surface area contributed by atoms with Crippen molar-refractivity contribution < 1.29 is 9.18 Å². The highest BCUT2D eigenvalue weighted by Gasteiger charge is 2.21. The molecule has 0 radical (unpaired) electrons. The summed E-state index contributed by atoms with van der Waals surface area (Å²) >= 11 is 0. The summed E-state index contributed by atoms with van der Waals surface area (Å²) < 4.78 is 16.1. The molecule has 2 heterocycles. The Kier molecular flexibility index (Phi) is 6.44. The maximum atomic E-state index is 14.3. The van der Waals surface area contributed by atoms with Gasteiger partial charge in [0.2, 0.25) is 5.69 Å². The van der Waals surface area contributed by atoms with Crippen molar-refractivity contribution in [2.75, 3.05) is 0 Å². The molecule has 4 aromatic rings. The number of benzene rings is 2. The van der Waals surface area contributed by atoms with E-state index in [2.05, 4.69) is 15.4 Å². The Morgan fingerprint density at radius 1 is 1.03 bits per heavy atom. The maximum Gasteiger partial charge on any atom is 0.352 e. The largest absolute Gasteiger partial charge is 0.352 e. The number of aromatic nitrogens is 4. The number of nitrogens with zero attached hydrogens (tertiary/aromatic N) is 4. The summed E-state index contributed by atoms with van der Waals surface area (Å²) in [7, 11) is 0. The van der Waals surface area contributed by atoms with Crippen molar-refractivity contribution in [2.45, 2.75) is 26.9 Å². The molecule has 0 spiro atoms. The molecule has 0 fully saturated rings. The van der Waals surface area contributed by atoms with Crippen LogP contribution in [0, 0.1) is 19.7 Å². The fourth-order valence-electron chi connectivity index (χ4n) is 3.39. The second-order valence-electron chi connectivity index (χ2n) is 7.84. The molecule has 8 nitrogen and oxygen atoms in total. The Labute approximate surface area is 194 Å². The minimum absolute atomic E-state index is 0.115. The first-order chi connectivity index (χ1) is 16.3. The van der Waals surface area contributed by atoms with Crippen LogP contribution in [0.4, 0.5) is 4.39 Å². The number of halogens is 1. The number of aryl methyl sites for hydroxylation is 2. The van der Waals surface area contributed by atoms with Crippen molar-refractivity contribution >= 4 is 5.91 Å². The summed E-state index contributed by atoms with van der Waals surface area (Å²) in [5.41, 5.74) is 1.00. The first-order valence-corrected chi connectivity index (χ1v) is 10.6. The molecule has 172 valence electrons. The molecule has 0 unspecified atom stereocenters. The molecule has 0 bridgehead atoms. The predicted octanol–water partition coefficient (Wildman–Crippen LogP) is 2.52. The third kappa shape index (κ3) is 4.68. The lowest BCUT2D eigenvalue weighted by Gasteiger charge is -2.13. The van der Waals surface area contributed by atoms with E-state index in [-0.39, 0.29) is 18.7 Å². The molecular formula is C25H22FN5O3. The predicted molar refractivity (Wildman–Crippen MR) is 124 cm³/mol. The van der Waals surface area contributed by atoms with Gasteiger partial charge in [-0.2, -0.15) is 9.78 Å². The van der Waals surface area contributed by atoms with E-state index < -0.39 is 28.7 Å². The van der Waals surface area contributed by atoms with Crippen molar-refractivity contribution in [1.29, 1.82) is 0 Å². The summed E-state index contributed by atoms with van der Waals surface area (Å²) in [5, 5.41) is 6.73. The molecule has 0 atom stereocenters. The standard InChI is InChI=1S/C25H22FN5O3/c1-16-9-10-20(12-17(16)2)31-25(34)30(15-19-7-3-4-8-21(19)26)24(33)22(29-31)23(32)28-14-18-6-5-11-27-13-18/h3-13H,14-15H2,1-2H3,(H,28,32). The number of carbonyl (C=O) groups is 1. The summed E-state index contributed by atoms with van der Waals surface area (Å²) in [6, 6.07) is 14.5. The van der Waals surface area contributed by atoms with Crippen LogP contribution in [0.15, 0.2) is 76.6 Å². The number of nitrogens with one attached hydrogen (secondary N) is 1. The van der Waals surface area contributed by atoms with Gasteiger partial charge in [-0.1, -0.05) is 30.3 Å². The van der Waals surface area contributed by atoms with Crippen LogP contribution < -0.4 is 16.6 Å². The SMILES string of the molecule is Cc1ccc(-n2nc(C(=O)NCc3cccnc3)c(=O)n(Cc3ccccc3F)c2=O)cc1C. The molecule has 34 heavy (non-hydrogen) atoms. The summed E-state index contributed by atoms with van der Waals surface area (Å²) in [4.78, 5) is 43.3. The number of hydrogen-bond donors (Lipinski definition) is 1. The number of carbonyl (C=O) groups excluding carboxylic acids is 1. The zero-order valence-electron chi connectivity index (χ0n) is 18.7. The van der Waals surface area contributed by atoms with Gasteiger partial charge in [-0.25, -0.2) is 9.18 Å². The number of rotatable bonds is 6. The van der Waals surface area contributed by atoms with Crippen molar-refractivity contribution in [2.24, 2.45) is 0 Å². The van der Waals surface area contributed by atoms with Gasteiger partial charge in [0.1, 0.15) is 5.82 Å². The van der Waals surface area contributed by atoms with E-state index in [1.165, 1.54) is 18.2 Å². The van der Waals surface area contributed by atoms with Crippen LogP contribution in [-0.4, -0.2) is 25.2 Å². The molecule has 0 saturated heterocycles. The van der Waals surface area contributed by atoms with Crippen molar-refractivity contribution in [3.63, 3.8) is 0 Å². The van der Waals surface area contributed by atoms with Gasteiger partial charge in [0.25, 0.3) is 11.5 Å². The van der Waals surface area contributed by atoms with E-state index in [0.29, 0.717) is 5.69 Å². The molecule has 0 aliphatic rings. The molecular weight excluding hydrogens is 437 g/mol. The van der Waals surface area contributed by atoms with E-state index >= 15 is 0 Å². The number of pyridine rings is 1. The monoisotopic (exact) mass is 459 g/mol. The molecule has 1 N–H and O–H groups in total. The summed E-state index contributed by atoms with van der Waals surface area (Å²) in [6.07, 6.45) is 3.19. The van der Waals surface area contributed by atoms with E-state index in [4.69, 9.17) is 0 Å². The highest BCUT2D eigenvalue weighted by molar-refractivity contribution is 5.91. The highest BCUT2D eigenvalue weighted by Crippen LogP contribution is 2.12. The maximum absolute atomic E-state index is 14.3. The van der Waals surface area contributed by atoms with Gasteiger partial charge in [0.05, 0.1) is 12.2 Å². The molecule has 2 aromatic heterocycles. The Bertz CT molecular complexity index is 1480. The quantitative estimate of drug-likeness (QED) is 0.478. The second kappa shape index (κ2) is 9.62. The van der Waals surface area contributed by atoms with Crippen molar-refractivity contribution in [3.8, 4) is 5.69 Å². The average Bonchev–Trinajstić information content (AvgIpc) is 2.84. The van der Waals surface area contributed by atoms with Gasteiger partial charge in [-0.05, 0) is 54.8 Å². The molecule has 2 aromatic carbocycles. The van der Waals surface area contributed by atoms with E-state index in [9.17, 15) is 18.8 Å². The molecule has 1 amide bonds. The lowest BCUT2D eigenvalue weighted by atomic mass is 10.1. The van der Waals surface area contributed by atoms with Crippen LogP contribution in [0.25, 0.3) is 5.69 Å². The Hall–Kier alpha value is -4.40. The van der Waals surface area contributed by atoms with Gasteiger partial charge in [-0.15, -0.1) is 0 Å². The van der Waals surface area contributed by atoms with Gasteiger partial charge >= 0.3 is 5.69 Å². The topological polar surface area (TPSA) is 98.9 Å². The number of amides is 1. The van der Waals surface area contributed by atoms with Gasteiger partial charge in [0, 0.05) is 24.5 Å². The molecule has 4 rings (SSSR count). The van der Waals surface area contributed by atoms with Crippen LogP contribution in [0.2, 0.25) is 0 Å². The zero-order chi connectivity index (χ0) is 24.2. The Balaban J connectivity index is 1.82. The van der Waals surface area contributed by atoms with Gasteiger partial charge in [-0.3, -0.25) is 19.1 Å². The first kappa shape index (κ1) is 22.8. The smallest absolute Gasteiger partial charge is 0.346 e. The fourth-order valence-corrected chi connectivity index (χ4v) is 3.39. The molecule has 0 saturated carbocycles. The van der Waals surface area contributed by atoms with Crippen molar-refractivity contribution in [1.82, 2.24) is 24.6 Å². The van der Waals surface area contributed by atoms with E-state index in [0.717, 1.165) is 25.9 Å². The third-order valence-electron chi connectivity index (χ3n) is 5.47. The Morgan fingerprint density at radius 3 is 2.53 bits per heavy atom. The fraction of sp³-hybridized carbons (Fsp3) is 0.160. The lowest BCUT2D eigenvalue weighted by Crippen LogP contribution is -2.46. The van der Waals surface area contributed by atoms with Crippen molar-refractivity contribution in [3.05, 3.63) is 122 Å². The number of hydrogen-bond acceptors (Lipinski definition) is 5. The van der Waals surface area contributed by atoms with E-state index in [1.54, 1.807) is 42.7 Å². The third-order valence-corrected chi connectivity index (χ3v) is 5.47. The first-order valence-electron chi connectivity index (χ1n) is 10.6. The molecule has 0 aliphatic carbocycles. The van der Waals surface area contributed by atoms with Gasteiger partial charge < -0.3 is 5.32 Å². The van der Waals surface area contributed by atoms with Crippen LogP contribution in [0.1, 0.15) is 32.7 Å². The zero-order valence-corrected chi connectivity index (χ0v) is 18.7. The summed E-state index contributed by atoms with van der Waals surface area (Å²) in [6.45, 7) is 3.57. The van der Waals surface area contributed by atoms with Crippen LogP contribution in [0.3, 0.4) is 0 Å². The lowest BCUT2D eigenvalue weighted by molar-refractivity contribution is 0.0941. The second-order valence-corrected chi connectivity index (χ2v) is 7.84. The molecule has 9 heteroatoms. The van der Waals surface area contributed by atoms with E-state index in [1.807, 2.05) is 19.9 Å². The van der Waals surface area contributed by atoms with Gasteiger partial charge in [0.15, 0.2) is 0 Å². The van der Waals surface area contributed by atoms with Crippen LogP contribution >= 0.6 is 0 Å². The average molecular weight is 459 g/mol. The molecule has 0 aliphatic heterocycles. The van der Waals surface area contributed by atoms with Crippen LogP contribution in [-0.2, 0) is 13.1 Å². The minimum Gasteiger partial charge on any atom is -0.346 e. The minimum atomic E-state index is -0.906.